The van der Waals surface area contributed by atoms with E-state index in [4.69, 9.17) is 4.42 Å². The molecule has 2 heteroatoms. The Morgan fingerprint density at radius 1 is 0.340 bits per heavy atom. The van der Waals surface area contributed by atoms with Gasteiger partial charge < -0.3 is 4.42 Å². The molecule has 0 radical (unpaired) electrons. The van der Waals surface area contributed by atoms with E-state index in [9.17, 15) is 0 Å². The molecule has 0 aliphatic heterocycles. The topological polar surface area (TPSA) is 13.1 Å². The highest BCUT2D eigenvalue weighted by Gasteiger charge is 2.21. The third-order valence-corrected chi connectivity index (χ3v) is 11.6. The van der Waals surface area contributed by atoms with Crippen molar-refractivity contribution in [3.8, 4) is 33.4 Å². The molecule has 50 heavy (non-hydrogen) atoms. The molecule has 0 saturated carbocycles. The Morgan fingerprint density at radius 2 is 0.960 bits per heavy atom. The molecule has 232 valence electrons. The Hall–Kier alpha value is -6.22. The number of fused-ring (bicyclic) bond motifs is 10. The van der Waals surface area contributed by atoms with Gasteiger partial charge in [-0.05, 0) is 108 Å². The molecule has 2 aromatic heterocycles. The average Bonchev–Trinajstić information content (AvgIpc) is 3.74. The highest BCUT2D eigenvalue weighted by atomic mass is 32.1. The monoisotopic (exact) mass is 652 g/mol. The van der Waals surface area contributed by atoms with Crippen molar-refractivity contribution in [2.45, 2.75) is 0 Å². The Labute approximate surface area is 292 Å². The zero-order chi connectivity index (χ0) is 32.8. The van der Waals surface area contributed by atoms with E-state index in [-0.39, 0.29) is 0 Å². The second kappa shape index (κ2) is 10.6. The number of hydrogen-bond donors (Lipinski definition) is 0. The molecular formula is C48H28OS. The first-order valence-electron chi connectivity index (χ1n) is 17.1. The van der Waals surface area contributed by atoms with Crippen molar-refractivity contribution in [1.82, 2.24) is 0 Å². The van der Waals surface area contributed by atoms with Crippen LogP contribution in [0.4, 0.5) is 0 Å². The summed E-state index contributed by atoms with van der Waals surface area (Å²) in [5.74, 6) is 0. The van der Waals surface area contributed by atoms with Crippen molar-refractivity contribution in [2.24, 2.45) is 0 Å². The summed E-state index contributed by atoms with van der Waals surface area (Å²) in [5.41, 5.74) is 9.27. The normalized spacial score (nSPS) is 12.0. The molecule has 0 saturated heterocycles. The lowest BCUT2D eigenvalue weighted by Gasteiger charge is -2.19. The van der Waals surface area contributed by atoms with Crippen LogP contribution in [0.3, 0.4) is 0 Å². The Kier molecular flexibility index (Phi) is 5.89. The summed E-state index contributed by atoms with van der Waals surface area (Å²) in [6.45, 7) is 0. The lowest BCUT2D eigenvalue weighted by molar-refractivity contribution is 0.669. The summed E-state index contributed by atoms with van der Waals surface area (Å²) in [7, 11) is 0. The van der Waals surface area contributed by atoms with Crippen molar-refractivity contribution in [3.63, 3.8) is 0 Å². The van der Waals surface area contributed by atoms with Crippen LogP contribution in [0.5, 0.6) is 0 Å². The van der Waals surface area contributed by atoms with Gasteiger partial charge in [-0.15, -0.1) is 11.3 Å². The lowest BCUT2D eigenvalue weighted by Crippen LogP contribution is -1.92. The Balaban J connectivity index is 1.24. The maximum atomic E-state index is 6.51. The van der Waals surface area contributed by atoms with Gasteiger partial charge >= 0.3 is 0 Å². The summed E-state index contributed by atoms with van der Waals surface area (Å²) in [6.07, 6.45) is 0. The van der Waals surface area contributed by atoms with E-state index >= 15 is 0 Å². The molecule has 0 unspecified atom stereocenters. The predicted molar refractivity (Wildman–Crippen MR) is 215 cm³/mol. The molecule has 0 N–H and O–H groups in total. The number of benzene rings is 9. The third kappa shape index (κ3) is 4.00. The first-order chi connectivity index (χ1) is 24.8. The van der Waals surface area contributed by atoms with Crippen LogP contribution in [0.15, 0.2) is 174 Å². The van der Waals surface area contributed by atoms with Gasteiger partial charge in [-0.1, -0.05) is 127 Å². The highest BCUT2D eigenvalue weighted by molar-refractivity contribution is 7.26. The highest BCUT2D eigenvalue weighted by Crippen LogP contribution is 2.48. The minimum atomic E-state index is 0.918. The van der Waals surface area contributed by atoms with E-state index in [1.54, 1.807) is 0 Å². The molecule has 0 aliphatic carbocycles. The van der Waals surface area contributed by atoms with Gasteiger partial charge in [0.2, 0.25) is 0 Å². The molecule has 0 fully saturated rings. The van der Waals surface area contributed by atoms with Gasteiger partial charge in [0.05, 0.1) is 0 Å². The van der Waals surface area contributed by atoms with Crippen LogP contribution in [0.1, 0.15) is 0 Å². The van der Waals surface area contributed by atoms with Crippen LogP contribution in [-0.4, -0.2) is 0 Å². The zero-order valence-corrected chi connectivity index (χ0v) is 27.8. The van der Waals surface area contributed by atoms with Gasteiger partial charge in [0.1, 0.15) is 11.2 Å². The number of thiophene rings is 1. The fourth-order valence-electron chi connectivity index (χ4n) is 8.28. The fraction of sp³-hybridized carbons (Fsp3) is 0. The minimum absolute atomic E-state index is 0.918. The quantitative estimate of drug-likeness (QED) is 0.173. The van der Waals surface area contributed by atoms with Gasteiger partial charge in [0.25, 0.3) is 0 Å². The zero-order valence-electron chi connectivity index (χ0n) is 27.0. The van der Waals surface area contributed by atoms with Gasteiger partial charge in [-0.3, -0.25) is 0 Å². The van der Waals surface area contributed by atoms with Crippen LogP contribution in [0.2, 0.25) is 0 Å². The molecule has 11 aromatic rings. The van der Waals surface area contributed by atoms with E-state index in [1.165, 1.54) is 91.3 Å². The van der Waals surface area contributed by atoms with Crippen molar-refractivity contribution in [3.05, 3.63) is 170 Å². The predicted octanol–water partition coefficient (Wildman–Crippen LogP) is 14.4. The van der Waals surface area contributed by atoms with Gasteiger partial charge in [0, 0.05) is 30.9 Å². The SMILES string of the molecule is c1ccc(-c2cc(-c3c4ccccc4c(-c4ccc5oc6ccc7sc8ccccc8c7c6c5c4)c4ccccc34)c3ccccc3c2)cc1. The molecule has 9 aromatic carbocycles. The third-order valence-electron chi connectivity index (χ3n) is 10.4. The standard InChI is InChI=1S/C48H28OS/c1-2-12-29(13-3-1)32-26-30-14-4-5-15-33(30)39(28-32)46-36-18-8-6-16-34(36)45(35-17-7-9-19-37(35)46)31-22-23-41-40(27-31)47-42(49-41)24-25-44-48(47)38-20-10-11-21-43(38)50-44/h1-28H. The maximum absolute atomic E-state index is 6.51. The van der Waals surface area contributed by atoms with Crippen LogP contribution in [0, 0.1) is 0 Å². The summed E-state index contributed by atoms with van der Waals surface area (Å²) in [4.78, 5) is 0. The van der Waals surface area contributed by atoms with Crippen LogP contribution in [0.25, 0.3) is 108 Å². The maximum Gasteiger partial charge on any atom is 0.136 e. The Morgan fingerprint density at radius 3 is 1.72 bits per heavy atom. The summed E-state index contributed by atoms with van der Waals surface area (Å²) >= 11 is 1.85. The van der Waals surface area contributed by atoms with Crippen LogP contribution < -0.4 is 0 Å². The smallest absolute Gasteiger partial charge is 0.136 e. The summed E-state index contributed by atoms with van der Waals surface area (Å²) in [6, 6.07) is 62.0. The molecule has 0 atom stereocenters. The Bertz CT molecular complexity index is 3090. The first-order valence-corrected chi connectivity index (χ1v) is 17.9. The van der Waals surface area contributed by atoms with E-state index in [0.29, 0.717) is 0 Å². The molecule has 11 rings (SSSR count). The minimum Gasteiger partial charge on any atom is -0.456 e. The van der Waals surface area contributed by atoms with Gasteiger partial charge in [0.15, 0.2) is 0 Å². The molecular weight excluding hydrogens is 625 g/mol. The van der Waals surface area contributed by atoms with Crippen molar-refractivity contribution >= 4 is 85.8 Å². The molecule has 2 heterocycles. The number of furan rings is 1. The largest absolute Gasteiger partial charge is 0.456 e. The van der Waals surface area contributed by atoms with Crippen LogP contribution in [-0.2, 0) is 0 Å². The van der Waals surface area contributed by atoms with Gasteiger partial charge in [-0.2, -0.15) is 0 Å². The molecule has 0 bridgehead atoms. The van der Waals surface area contributed by atoms with Crippen LogP contribution >= 0.6 is 11.3 Å². The van der Waals surface area contributed by atoms with E-state index < -0.39 is 0 Å². The molecule has 0 amide bonds. The molecule has 1 nitrogen and oxygen atoms in total. The summed E-state index contributed by atoms with van der Waals surface area (Å²) in [5, 5.41) is 12.4. The van der Waals surface area contributed by atoms with Crippen molar-refractivity contribution < 1.29 is 4.42 Å². The first kappa shape index (κ1) is 27.7. The molecule has 0 spiro atoms. The summed E-state index contributed by atoms with van der Waals surface area (Å²) < 4.78 is 9.11. The second-order valence-corrected chi connectivity index (χ2v) is 14.3. The van der Waals surface area contributed by atoms with Gasteiger partial charge in [-0.25, -0.2) is 0 Å². The fourth-order valence-corrected chi connectivity index (χ4v) is 9.40. The van der Waals surface area contributed by atoms with E-state index in [0.717, 1.165) is 16.6 Å². The van der Waals surface area contributed by atoms with E-state index in [1.807, 2.05) is 11.3 Å². The average molecular weight is 653 g/mol. The lowest BCUT2D eigenvalue weighted by atomic mass is 9.83. The van der Waals surface area contributed by atoms with Crippen molar-refractivity contribution in [2.75, 3.05) is 0 Å². The van der Waals surface area contributed by atoms with E-state index in [2.05, 4.69) is 170 Å². The number of rotatable bonds is 3. The van der Waals surface area contributed by atoms with Crippen molar-refractivity contribution in [1.29, 1.82) is 0 Å². The number of hydrogen-bond acceptors (Lipinski definition) is 2. The second-order valence-electron chi connectivity index (χ2n) is 13.2. The molecule has 0 aliphatic rings.